The van der Waals surface area contributed by atoms with Crippen molar-refractivity contribution in [2.24, 2.45) is 5.73 Å². The molecule has 0 fully saturated rings. The Bertz CT molecular complexity index is 626. The third-order valence-electron chi connectivity index (χ3n) is 2.89. The van der Waals surface area contributed by atoms with E-state index in [1.165, 1.54) is 0 Å². The highest BCUT2D eigenvalue weighted by Gasteiger charge is 2.18. The minimum absolute atomic E-state index is 0.254. The maximum Gasteiger partial charge on any atom is 0.241 e. The molecule has 2 rings (SSSR count). The topological polar surface area (TPSA) is 55.1 Å². The van der Waals surface area contributed by atoms with E-state index in [0.717, 1.165) is 17.7 Å². The van der Waals surface area contributed by atoms with E-state index >= 15 is 0 Å². The Morgan fingerprint density at radius 3 is 2.33 bits per heavy atom. The second kappa shape index (κ2) is 6.78. The molecule has 0 radical (unpaired) electrons. The van der Waals surface area contributed by atoms with Gasteiger partial charge in [-0.2, -0.15) is 0 Å². The van der Waals surface area contributed by atoms with Crippen LogP contribution in [0.5, 0.6) is 0 Å². The molecule has 6 heteroatoms. The molecule has 3 nitrogen and oxygen atoms in total. The van der Waals surface area contributed by atoms with Gasteiger partial charge in [0.2, 0.25) is 5.91 Å². The highest BCUT2D eigenvalue weighted by atomic mass is 79.9. The molecule has 0 spiro atoms. The van der Waals surface area contributed by atoms with Crippen LogP contribution in [0, 0.1) is 11.6 Å². The van der Waals surface area contributed by atoms with E-state index < -0.39 is 29.3 Å². The molecular formula is C15H13BrF2N2O. The Morgan fingerprint density at radius 1 is 1.19 bits per heavy atom. The maximum atomic E-state index is 13.6. The van der Waals surface area contributed by atoms with E-state index in [-0.39, 0.29) is 10.9 Å². The normalized spacial score (nSPS) is 12.0. The summed E-state index contributed by atoms with van der Waals surface area (Å²) in [5.41, 5.74) is 6.14. The highest BCUT2D eigenvalue weighted by molar-refractivity contribution is 9.10. The fourth-order valence-electron chi connectivity index (χ4n) is 1.84. The van der Waals surface area contributed by atoms with Gasteiger partial charge >= 0.3 is 0 Å². The number of hydrogen-bond acceptors (Lipinski definition) is 2. The van der Waals surface area contributed by atoms with Crippen LogP contribution in [0.15, 0.2) is 46.9 Å². The summed E-state index contributed by atoms with van der Waals surface area (Å²) in [6, 6.07) is 10.4. The van der Waals surface area contributed by atoms with Crippen LogP contribution < -0.4 is 11.1 Å². The molecule has 0 saturated heterocycles. The predicted molar refractivity (Wildman–Crippen MR) is 80.8 cm³/mol. The van der Waals surface area contributed by atoms with Gasteiger partial charge < -0.3 is 11.1 Å². The zero-order valence-corrected chi connectivity index (χ0v) is 12.5. The average Bonchev–Trinajstić information content (AvgIpc) is 2.43. The maximum absolute atomic E-state index is 13.6. The first-order valence-electron chi connectivity index (χ1n) is 6.22. The van der Waals surface area contributed by atoms with Crippen LogP contribution in [-0.2, 0) is 11.2 Å². The molecule has 1 atom stereocenters. The van der Waals surface area contributed by atoms with Crippen LogP contribution in [0.2, 0.25) is 0 Å². The van der Waals surface area contributed by atoms with Gasteiger partial charge in [-0.1, -0.05) is 46.3 Å². The number of benzene rings is 2. The molecule has 3 N–H and O–H groups in total. The second-order valence-corrected chi connectivity index (χ2v) is 5.45. The fraction of sp³-hybridized carbons (Fsp3) is 0.133. The number of carbonyl (C=O) groups is 1. The van der Waals surface area contributed by atoms with Crippen molar-refractivity contribution in [2.45, 2.75) is 12.5 Å². The van der Waals surface area contributed by atoms with Crippen LogP contribution in [0.1, 0.15) is 5.56 Å². The van der Waals surface area contributed by atoms with Crippen LogP contribution in [-0.4, -0.2) is 11.9 Å². The second-order valence-electron chi connectivity index (χ2n) is 4.53. The molecule has 0 saturated carbocycles. The molecule has 110 valence electrons. The number of rotatable bonds is 4. The standard InChI is InChI=1S/C15H13BrF2N2O/c16-10-7-11(17)14(12(18)8-10)20-15(21)13(19)6-9-4-2-1-3-5-9/h1-5,7-8,13H,6,19H2,(H,20,21)/t13-/m1/s1. The van der Waals surface area contributed by atoms with Crippen molar-refractivity contribution in [3.05, 3.63) is 64.1 Å². The molecule has 0 aliphatic carbocycles. The highest BCUT2D eigenvalue weighted by Crippen LogP contribution is 2.23. The quantitative estimate of drug-likeness (QED) is 0.885. The lowest BCUT2D eigenvalue weighted by Gasteiger charge is -2.13. The van der Waals surface area contributed by atoms with Crippen LogP contribution in [0.3, 0.4) is 0 Å². The zero-order valence-electron chi connectivity index (χ0n) is 10.9. The van der Waals surface area contributed by atoms with Crippen molar-refractivity contribution in [1.29, 1.82) is 0 Å². The number of halogens is 3. The first-order valence-corrected chi connectivity index (χ1v) is 7.01. The minimum Gasteiger partial charge on any atom is -0.320 e. The van der Waals surface area contributed by atoms with E-state index in [9.17, 15) is 13.6 Å². The van der Waals surface area contributed by atoms with E-state index in [0.29, 0.717) is 0 Å². The Labute approximate surface area is 129 Å². The van der Waals surface area contributed by atoms with Crippen molar-refractivity contribution < 1.29 is 13.6 Å². The molecule has 21 heavy (non-hydrogen) atoms. The molecule has 2 aromatic carbocycles. The number of nitrogens with two attached hydrogens (primary N) is 1. The van der Waals surface area contributed by atoms with E-state index in [2.05, 4.69) is 21.2 Å². The summed E-state index contributed by atoms with van der Waals surface area (Å²) in [4.78, 5) is 11.9. The summed E-state index contributed by atoms with van der Waals surface area (Å²) < 4.78 is 27.5. The Kier molecular flexibility index (Phi) is 5.03. The summed E-state index contributed by atoms with van der Waals surface area (Å²) >= 11 is 2.97. The number of anilines is 1. The smallest absolute Gasteiger partial charge is 0.241 e. The van der Waals surface area contributed by atoms with Crippen molar-refractivity contribution in [3.8, 4) is 0 Å². The van der Waals surface area contributed by atoms with Crippen molar-refractivity contribution in [1.82, 2.24) is 0 Å². The summed E-state index contributed by atoms with van der Waals surface area (Å²) in [6.45, 7) is 0. The summed E-state index contributed by atoms with van der Waals surface area (Å²) in [7, 11) is 0. The Morgan fingerprint density at radius 2 is 1.76 bits per heavy atom. The predicted octanol–water partition coefficient (Wildman–Crippen LogP) is 3.24. The lowest BCUT2D eigenvalue weighted by Crippen LogP contribution is -2.37. The van der Waals surface area contributed by atoms with Crippen molar-refractivity contribution in [2.75, 3.05) is 5.32 Å². The molecule has 0 aliphatic rings. The van der Waals surface area contributed by atoms with Crippen LogP contribution in [0.4, 0.5) is 14.5 Å². The summed E-state index contributed by atoms with van der Waals surface area (Å²) in [5.74, 6) is -2.36. The Balaban J connectivity index is 2.08. The van der Waals surface area contributed by atoms with Crippen LogP contribution >= 0.6 is 15.9 Å². The first-order chi connectivity index (χ1) is 9.97. The molecule has 0 bridgehead atoms. The molecule has 0 aromatic heterocycles. The first kappa shape index (κ1) is 15.6. The minimum atomic E-state index is -0.894. The SMILES string of the molecule is N[C@H](Cc1ccccc1)C(=O)Nc1c(F)cc(Br)cc1F. The molecule has 0 aliphatic heterocycles. The number of amides is 1. The lowest BCUT2D eigenvalue weighted by atomic mass is 10.1. The largest absolute Gasteiger partial charge is 0.320 e. The molecular weight excluding hydrogens is 342 g/mol. The van der Waals surface area contributed by atoms with Gasteiger partial charge in [0.15, 0.2) is 11.6 Å². The van der Waals surface area contributed by atoms with Crippen molar-refractivity contribution >= 4 is 27.5 Å². The molecule has 0 unspecified atom stereocenters. The van der Waals surface area contributed by atoms with Gasteiger partial charge in [-0.05, 0) is 24.1 Å². The lowest BCUT2D eigenvalue weighted by molar-refractivity contribution is -0.117. The van der Waals surface area contributed by atoms with Gasteiger partial charge in [0.05, 0.1) is 6.04 Å². The fourth-order valence-corrected chi connectivity index (χ4v) is 2.24. The van der Waals surface area contributed by atoms with E-state index in [1.807, 2.05) is 30.3 Å². The van der Waals surface area contributed by atoms with Gasteiger partial charge in [0.25, 0.3) is 0 Å². The van der Waals surface area contributed by atoms with E-state index in [1.54, 1.807) is 0 Å². The van der Waals surface area contributed by atoms with Gasteiger partial charge in [0.1, 0.15) is 5.69 Å². The van der Waals surface area contributed by atoms with Crippen LogP contribution in [0.25, 0.3) is 0 Å². The average molecular weight is 355 g/mol. The third-order valence-corrected chi connectivity index (χ3v) is 3.35. The monoisotopic (exact) mass is 354 g/mol. The molecule has 2 aromatic rings. The third kappa shape index (κ3) is 4.09. The van der Waals surface area contributed by atoms with E-state index in [4.69, 9.17) is 5.73 Å². The summed E-state index contributed by atoms with van der Waals surface area (Å²) in [5, 5.41) is 2.19. The van der Waals surface area contributed by atoms with Gasteiger partial charge in [-0.15, -0.1) is 0 Å². The summed E-state index contributed by atoms with van der Waals surface area (Å²) in [6.07, 6.45) is 0.284. The van der Waals surface area contributed by atoms with Gasteiger partial charge in [0, 0.05) is 4.47 Å². The van der Waals surface area contributed by atoms with Crippen molar-refractivity contribution in [3.63, 3.8) is 0 Å². The van der Waals surface area contributed by atoms with Gasteiger partial charge in [-0.3, -0.25) is 4.79 Å². The number of carbonyl (C=O) groups excluding carboxylic acids is 1. The zero-order chi connectivity index (χ0) is 15.4. The van der Waals surface area contributed by atoms with Gasteiger partial charge in [-0.25, -0.2) is 8.78 Å². The number of nitrogens with one attached hydrogen (secondary N) is 1. The molecule has 1 amide bonds. The molecule has 0 heterocycles. The number of hydrogen-bond donors (Lipinski definition) is 2. The Hall–Kier alpha value is -1.79.